The van der Waals surface area contributed by atoms with E-state index in [0.29, 0.717) is 22.9 Å². The summed E-state index contributed by atoms with van der Waals surface area (Å²) in [4.78, 5) is 29.2. The van der Waals surface area contributed by atoms with E-state index in [-0.39, 0.29) is 46.9 Å². The fraction of sp³-hybridized carbons (Fsp3) is 0.300. The number of benzene rings is 1. The standard InChI is InChI=1S/C20H18Cl2N4O5S/c21-12-9-14(22)20(23-10-12)31-17-4-2-1-3-15(17)24-19(28)16-5-6-18(27)26(25-16)13-7-8-32(29,30)11-13/h1-4,9-10,13H,5-8,11H2,(H,24,28)/t13-/m1/s1. The number of hydrazone groups is 1. The lowest BCUT2D eigenvalue weighted by Gasteiger charge is -2.27. The molecule has 1 aromatic heterocycles. The number of halogens is 2. The molecular weight excluding hydrogens is 479 g/mol. The number of para-hydroxylation sites is 2. The highest BCUT2D eigenvalue weighted by Crippen LogP contribution is 2.33. The maximum atomic E-state index is 12.9. The Labute approximate surface area is 194 Å². The first-order chi connectivity index (χ1) is 15.2. The average molecular weight is 497 g/mol. The fourth-order valence-corrected chi connectivity index (χ4v) is 5.53. The molecule has 1 atom stereocenters. The van der Waals surface area contributed by atoms with Gasteiger partial charge in [0.05, 0.1) is 28.3 Å². The Balaban J connectivity index is 1.52. The third-order valence-electron chi connectivity index (χ3n) is 4.99. The number of carbonyl (C=O) groups excluding carboxylic acids is 2. The summed E-state index contributed by atoms with van der Waals surface area (Å²) in [5, 5.41) is 8.61. The molecule has 1 fully saturated rings. The van der Waals surface area contributed by atoms with Crippen LogP contribution in [0.3, 0.4) is 0 Å². The smallest absolute Gasteiger partial charge is 0.271 e. The summed E-state index contributed by atoms with van der Waals surface area (Å²) in [5.74, 6) is -0.547. The van der Waals surface area contributed by atoms with E-state index >= 15 is 0 Å². The van der Waals surface area contributed by atoms with Crippen molar-refractivity contribution in [2.24, 2.45) is 5.10 Å². The molecule has 168 valence electrons. The highest BCUT2D eigenvalue weighted by Gasteiger charge is 2.37. The first-order valence-electron chi connectivity index (χ1n) is 9.71. The van der Waals surface area contributed by atoms with Gasteiger partial charge in [-0.2, -0.15) is 5.10 Å². The molecule has 9 nitrogen and oxygen atoms in total. The van der Waals surface area contributed by atoms with Crippen LogP contribution in [0.25, 0.3) is 0 Å². The van der Waals surface area contributed by atoms with Crippen LogP contribution in [0, 0.1) is 0 Å². The zero-order valence-electron chi connectivity index (χ0n) is 16.6. The van der Waals surface area contributed by atoms with Gasteiger partial charge in [-0.3, -0.25) is 9.59 Å². The van der Waals surface area contributed by atoms with Crippen molar-refractivity contribution in [3.05, 3.63) is 46.6 Å². The average Bonchev–Trinajstić information content (AvgIpc) is 3.11. The highest BCUT2D eigenvalue weighted by molar-refractivity contribution is 7.91. The van der Waals surface area contributed by atoms with Gasteiger partial charge < -0.3 is 10.1 Å². The summed E-state index contributed by atoms with van der Waals surface area (Å²) in [6.07, 6.45) is 1.91. The molecule has 12 heteroatoms. The van der Waals surface area contributed by atoms with Crippen LogP contribution in [0.2, 0.25) is 10.0 Å². The monoisotopic (exact) mass is 496 g/mol. The van der Waals surface area contributed by atoms with Crippen LogP contribution in [-0.4, -0.2) is 53.5 Å². The Hall–Kier alpha value is -2.69. The Morgan fingerprint density at radius 3 is 2.72 bits per heavy atom. The van der Waals surface area contributed by atoms with E-state index in [1.807, 2.05) is 0 Å². The van der Waals surface area contributed by atoms with Crippen molar-refractivity contribution < 1.29 is 22.7 Å². The van der Waals surface area contributed by atoms with E-state index in [1.54, 1.807) is 24.3 Å². The number of amides is 2. The number of hydrogen-bond donors (Lipinski definition) is 1. The molecule has 0 aliphatic carbocycles. The number of carbonyl (C=O) groups is 2. The van der Waals surface area contributed by atoms with E-state index in [4.69, 9.17) is 27.9 Å². The van der Waals surface area contributed by atoms with Crippen molar-refractivity contribution >= 4 is 56.3 Å². The molecule has 1 N–H and O–H groups in total. The Kier molecular flexibility index (Phi) is 6.36. The van der Waals surface area contributed by atoms with Crippen molar-refractivity contribution in [2.45, 2.75) is 25.3 Å². The summed E-state index contributed by atoms with van der Waals surface area (Å²) >= 11 is 12.0. The second-order valence-electron chi connectivity index (χ2n) is 7.33. The summed E-state index contributed by atoms with van der Waals surface area (Å²) in [6.45, 7) is 0. The zero-order valence-corrected chi connectivity index (χ0v) is 19.0. The van der Waals surface area contributed by atoms with Crippen molar-refractivity contribution in [3.8, 4) is 11.6 Å². The first-order valence-corrected chi connectivity index (χ1v) is 12.3. The predicted octanol–water partition coefficient (Wildman–Crippen LogP) is 3.28. The Bertz CT molecular complexity index is 1220. The molecule has 4 rings (SSSR count). The molecule has 2 aliphatic rings. The lowest BCUT2D eigenvalue weighted by atomic mass is 10.1. The van der Waals surface area contributed by atoms with Crippen LogP contribution in [-0.2, 0) is 19.4 Å². The number of anilines is 1. The quantitative estimate of drug-likeness (QED) is 0.678. The van der Waals surface area contributed by atoms with Crippen molar-refractivity contribution in [3.63, 3.8) is 0 Å². The lowest BCUT2D eigenvalue weighted by Crippen LogP contribution is -2.42. The van der Waals surface area contributed by atoms with Gasteiger partial charge in [-0.15, -0.1) is 0 Å². The lowest BCUT2D eigenvalue weighted by molar-refractivity contribution is -0.133. The van der Waals surface area contributed by atoms with Crippen molar-refractivity contribution in [2.75, 3.05) is 16.8 Å². The summed E-state index contributed by atoms with van der Waals surface area (Å²) in [6, 6.07) is 7.62. The molecule has 1 aromatic carbocycles. The maximum Gasteiger partial charge on any atom is 0.271 e. The van der Waals surface area contributed by atoms with Gasteiger partial charge in [-0.25, -0.2) is 18.4 Å². The van der Waals surface area contributed by atoms with E-state index in [9.17, 15) is 18.0 Å². The maximum absolute atomic E-state index is 12.9. The van der Waals surface area contributed by atoms with Crippen molar-refractivity contribution in [1.82, 2.24) is 9.99 Å². The summed E-state index contributed by atoms with van der Waals surface area (Å²) < 4.78 is 29.3. The largest absolute Gasteiger partial charge is 0.435 e. The highest BCUT2D eigenvalue weighted by atomic mass is 35.5. The summed E-state index contributed by atoms with van der Waals surface area (Å²) in [7, 11) is -3.20. The van der Waals surface area contributed by atoms with Gasteiger partial charge in [-0.05, 0) is 24.6 Å². The second kappa shape index (κ2) is 9.05. The number of ether oxygens (including phenoxy) is 1. The minimum Gasteiger partial charge on any atom is -0.435 e. The molecule has 0 bridgehead atoms. The molecule has 2 aromatic rings. The topological polar surface area (TPSA) is 118 Å². The molecule has 0 spiro atoms. The van der Waals surface area contributed by atoms with Crippen LogP contribution < -0.4 is 10.1 Å². The Morgan fingerprint density at radius 1 is 1.22 bits per heavy atom. The van der Waals surface area contributed by atoms with Crippen LogP contribution in [0.4, 0.5) is 5.69 Å². The SMILES string of the molecule is O=C(Nc1ccccc1Oc1ncc(Cl)cc1Cl)C1=NN([C@@H]2CCS(=O)(=O)C2)C(=O)CC1. The molecular formula is C20H18Cl2N4O5S. The van der Waals surface area contributed by atoms with Gasteiger partial charge >= 0.3 is 0 Å². The number of sulfone groups is 1. The predicted molar refractivity (Wildman–Crippen MR) is 120 cm³/mol. The minimum atomic E-state index is -3.20. The second-order valence-corrected chi connectivity index (χ2v) is 10.4. The zero-order chi connectivity index (χ0) is 22.9. The minimum absolute atomic E-state index is 0.00447. The molecule has 3 heterocycles. The van der Waals surface area contributed by atoms with E-state index in [2.05, 4.69) is 15.4 Å². The number of aromatic nitrogens is 1. The van der Waals surface area contributed by atoms with Crippen LogP contribution in [0.5, 0.6) is 11.6 Å². The third-order valence-corrected chi connectivity index (χ3v) is 7.22. The van der Waals surface area contributed by atoms with E-state index in [0.717, 1.165) is 5.01 Å². The first kappa shape index (κ1) is 22.5. The van der Waals surface area contributed by atoms with Gasteiger partial charge in [0.1, 0.15) is 10.7 Å². The third kappa shape index (κ3) is 5.03. The van der Waals surface area contributed by atoms with Crippen molar-refractivity contribution in [1.29, 1.82) is 0 Å². The fourth-order valence-electron chi connectivity index (χ4n) is 3.42. The van der Waals surface area contributed by atoms with Gasteiger partial charge in [0.25, 0.3) is 5.91 Å². The van der Waals surface area contributed by atoms with E-state index in [1.165, 1.54) is 12.3 Å². The molecule has 0 saturated carbocycles. The van der Waals surface area contributed by atoms with Crippen LogP contribution in [0.15, 0.2) is 41.6 Å². The number of rotatable bonds is 5. The number of nitrogens with zero attached hydrogens (tertiary/aromatic N) is 3. The number of hydrogen-bond acceptors (Lipinski definition) is 7. The summed E-state index contributed by atoms with van der Waals surface area (Å²) in [5.41, 5.74) is 0.478. The molecule has 2 amide bonds. The van der Waals surface area contributed by atoms with Gasteiger partial charge in [-0.1, -0.05) is 35.3 Å². The molecule has 1 saturated heterocycles. The molecule has 32 heavy (non-hydrogen) atoms. The number of nitrogens with one attached hydrogen (secondary N) is 1. The molecule has 0 radical (unpaired) electrons. The normalized spacial score (nSPS) is 20.1. The molecule has 0 unspecified atom stereocenters. The van der Waals surface area contributed by atoms with Crippen LogP contribution in [0.1, 0.15) is 19.3 Å². The number of pyridine rings is 1. The van der Waals surface area contributed by atoms with Gasteiger partial charge in [0.2, 0.25) is 11.8 Å². The van der Waals surface area contributed by atoms with E-state index < -0.39 is 21.8 Å². The van der Waals surface area contributed by atoms with Crippen LogP contribution >= 0.6 is 23.2 Å². The van der Waals surface area contributed by atoms with Gasteiger partial charge in [0.15, 0.2) is 15.6 Å². The molecule has 2 aliphatic heterocycles. The van der Waals surface area contributed by atoms with Gasteiger partial charge in [0, 0.05) is 19.0 Å². The Morgan fingerprint density at radius 2 is 2.00 bits per heavy atom.